The predicted octanol–water partition coefficient (Wildman–Crippen LogP) is 5.37. The minimum Gasteiger partial charge on any atom is -0.354 e. The van der Waals surface area contributed by atoms with Crippen LogP contribution < -0.4 is 0 Å². The topological polar surface area (TPSA) is 15.8 Å². The summed E-state index contributed by atoms with van der Waals surface area (Å²) >= 11 is 1.11. The van der Waals surface area contributed by atoms with Crippen molar-refractivity contribution in [2.24, 2.45) is 0 Å². The van der Waals surface area contributed by atoms with Crippen LogP contribution in [0.3, 0.4) is 0 Å². The molecule has 0 aliphatic carbocycles. The van der Waals surface area contributed by atoms with Crippen molar-refractivity contribution in [1.82, 2.24) is 4.98 Å². The smallest absolute Gasteiger partial charge is 0.354 e. The fraction of sp³-hybridized carbons (Fsp3) is 0.200. The molecule has 3 aromatic rings. The Morgan fingerprint density at radius 1 is 1.00 bits per heavy atom. The molecule has 0 bridgehead atoms. The van der Waals surface area contributed by atoms with Crippen molar-refractivity contribution in [2.45, 2.75) is 18.0 Å². The molecular formula is C15H12F3NS. The fourth-order valence-electron chi connectivity index (χ4n) is 2.43. The van der Waals surface area contributed by atoms with Gasteiger partial charge in [-0.05, 0) is 37.4 Å². The number of fused-ring (bicyclic) bond motifs is 3. The van der Waals surface area contributed by atoms with Crippen LogP contribution in [-0.4, -0.2) is 11.2 Å². The number of H-pyrrole nitrogens is 1. The first-order valence-corrected chi connectivity index (χ1v) is 7.30. The van der Waals surface area contributed by atoms with E-state index in [0.29, 0.717) is 5.39 Å². The number of aryl methyl sites for hydroxylation is 1. The zero-order valence-electron chi connectivity index (χ0n) is 10.9. The summed E-state index contributed by atoms with van der Waals surface area (Å²) in [7, 11) is 0. The molecule has 0 aliphatic rings. The van der Waals surface area contributed by atoms with Crippen LogP contribution in [-0.2, 0) is 6.18 Å². The molecule has 104 valence electrons. The normalized spacial score (nSPS) is 12.4. The third kappa shape index (κ3) is 2.06. The minimum atomic E-state index is -4.33. The minimum absolute atomic E-state index is 0.244. The SMILES string of the molecule is CSc1cc2[nH]c3ccc(C)cc3c2cc1C(F)(F)F. The van der Waals surface area contributed by atoms with Crippen molar-refractivity contribution in [1.29, 1.82) is 0 Å². The Bertz CT molecular complexity index is 802. The second-order valence-corrected chi connectivity index (χ2v) is 5.62. The van der Waals surface area contributed by atoms with E-state index in [4.69, 9.17) is 0 Å². The standard InChI is InChI=1S/C15H12F3NS/c1-8-3-4-12-9(5-8)10-6-11(15(16,17)18)14(20-2)7-13(10)19-12/h3-7,19H,1-2H3. The summed E-state index contributed by atoms with van der Waals surface area (Å²) in [5.41, 5.74) is 2.06. The van der Waals surface area contributed by atoms with Crippen molar-refractivity contribution in [3.05, 3.63) is 41.5 Å². The fourth-order valence-corrected chi connectivity index (χ4v) is 3.06. The summed E-state index contributed by atoms with van der Waals surface area (Å²) in [6.45, 7) is 1.93. The van der Waals surface area contributed by atoms with Gasteiger partial charge in [-0.3, -0.25) is 0 Å². The van der Waals surface area contributed by atoms with E-state index in [1.165, 1.54) is 6.07 Å². The largest absolute Gasteiger partial charge is 0.417 e. The van der Waals surface area contributed by atoms with Crippen LogP contribution in [0.15, 0.2) is 35.2 Å². The Hall–Kier alpha value is -1.62. The second kappa shape index (κ2) is 4.45. The van der Waals surface area contributed by atoms with Crippen molar-refractivity contribution >= 4 is 33.6 Å². The van der Waals surface area contributed by atoms with Crippen LogP contribution in [0, 0.1) is 6.92 Å². The molecule has 0 fully saturated rings. The summed E-state index contributed by atoms with van der Waals surface area (Å²) in [6.07, 6.45) is -2.68. The van der Waals surface area contributed by atoms with Crippen LogP contribution in [0.1, 0.15) is 11.1 Å². The molecule has 0 radical (unpaired) electrons. The van der Waals surface area contributed by atoms with Gasteiger partial charge in [-0.1, -0.05) is 11.6 Å². The highest BCUT2D eigenvalue weighted by Crippen LogP contribution is 2.40. The first-order valence-electron chi connectivity index (χ1n) is 6.07. The van der Waals surface area contributed by atoms with E-state index in [9.17, 15) is 13.2 Å². The van der Waals surface area contributed by atoms with Gasteiger partial charge in [0.05, 0.1) is 5.56 Å². The van der Waals surface area contributed by atoms with Gasteiger partial charge in [0, 0.05) is 26.7 Å². The summed E-state index contributed by atoms with van der Waals surface area (Å²) in [5, 5.41) is 1.45. The van der Waals surface area contributed by atoms with Crippen LogP contribution in [0.25, 0.3) is 21.8 Å². The summed E-state index contributed by atoms with van der Waals surface area (Å²) in [4.78, 5) is 3.42. The number of hydrogen-bond donors (Lipinski definition) is 1. The average Bonchev–Trinajstić information content (AvgIpc) is 2.73. The molecule has 0 saturated heterocycles. The number of alkyl halides is 3. The Morgan fingerprint density at radius 2 is 1.70 bits per heavy atom. The molecule has 1 nitrogen and oxygen atoms in total. The molecule has 1 aromatic heterocycles. The van der Waals surface area contributed by atoms with E-state index >= 15 is 0 Å². The third-order valence-electron chi connectivity index (χ3n) is 3.38. The maximum absolute atomic E-state index is 13.1. The second-order valence-electron chi connectivity index (χ2n) is 4.77. The number of thioether (sulfide) groups is 1. The van der Waals surface area contributed by atoms with E-state index in [0.717, 1.165) is 33.7 Å². The van der Waals surface area contributed by atoms with E-state index in [1.807, 2.05) is 25.1 Å². The van der Waals surface area contributed by atoms with E-state index in [2.05, 4.69) is 4.98 Å². The molecule has 0 spiro atoms. The molecule has 20 heavy (non-hydrogen) atoms. The Balaban J connectivity index is 2.41. The van der Waals surface area contributed by atoms with Crippen molar-refractivity contribution in [2.75, 3.05) is 6.26 Å². The lowest BCUT2D eigenvalue weighted by molar-refractivity contribution is -0.139. The highest BCUT2D eigenvalue weighted by molar-refractivity contribution is 7.98. The summed E-state index contributed by atoms with van der Waals surface area (Å²) in [5.74, 6) is 0. The van der Waals surface area contributed by atoms with Gasteiger partial charge in [0.25, 0.3) is 0 Å². The number of halogens is 3. The maximum Gasteiger partial charge on any atom is 0.417 e. The number of nitrogens with one attached hydrogen (secondary N) is 1. The van der Waals surface area contributed by atoms with Gasteiger partial charge < -0.3 is 4.98 Å². The monoisotopic (exact) mass is 295 g/mol. The number of benzene rings is 2. The molecule has 0 amide bonds. The Kier molecular flexibility index (Phi) is 2.97. The van der Waals surface area contributed by atoms with E-state index < -0.39 is 11.7 Å². The van der Waals surface area contributed by atoms with E-state index in [-0.39, 0.29) is 4.90 Å². The van der Waals surface area contributed by atoms with Gasteiger partial charge in [-0.2, -0.15) is 13.2 Å². The molecule has 5 heteroatoms. The Morgan fingerprint density at radius 3 is 2.35 bits per heavy atom. The molecule has 0 saturated carbocycles. The molecule has 0 atom stereocenters. The van der Waals surface area contributed by atoms with Gasteiger partial charge in [-0.15, -0.1) is 11.8 Å². The maximum atomic E-state index is 13.1. The first-order chi connectivity index (χ1) is 9.40. The van der Waals surface area contributed by atoms with Crippen LogP contribution in [0.5, 0.6) is 0 Å². The number of aromatic nitrogens is 1. The zero-order valence-corrected chi connectivity index (χ0v) is 11.7. The van der Waals surface area contributed by atoms with Crippen LogP contribution >= 0.6 is 11.8 Å². The highest BCUT2D eigenvalue weighted by atomic mass is 32.2. The molecule has 3 rings (SSSR count). The molecule has 2 aromatic carbocycles. The summed E-state index contributed by atoms with van der Waals surface area (Å²) in [6, 6.07) is 8.58. The Labute approximate surface area is 118 Å². The van der Waals surface area contributed by atoms with Gasteiger partial charge in [0.15, 0.2) is 0 Å². The van der Waals surface area contributed by atoms with E-state index in [1.54, 1.807) is 12.3 Å². The molecule has 0 aliphatic heterocycles. The summed E-state index contributed by atoms with van der Waals surface area (Å²) < 4.78 is 39.4. The number of hydrogen-bond acceptors (Lipinski definition) is 1. The average molecular weight is 295 g/mol. The van der Waals surface area contributed by atoms with Gasteiger partial charge >= 0.3 is 6.18 Å². The lowest BCUT2D eigenvalue weighted by Crippen LogP contribution is -2.06. The predicted molar refractivity (Wildman–Crippen MR) is 77.3 cm³/mol. The molecular weight excluding hydrogens is 283 g/mol. The van der Waals surface area contributed by atoms with Gasteiger partial charge in [-0.25, -0.2) is 0 Å². The van der Waals surface area contributed by atoms with Crippen LogP contribution in [0.2, 0.25) is 0 Å². The zero-order chi connectivity index (χ0) is 14.5. The third-order valence-corrected chi connectivity index (χ3v) is 4.16. The van der Waals surface area contributed by atoms with Crippen molar-refractivity contribution in [3.8, 4) is 0 Å². The lowest BCUT2D eigenvalue weighted by Gasteiger charge is -2.11. The molecule has 1 heterocycles. The highest BCUT2D eigenvalue weighted by Gasteiger charge is 2.34. The number of rotatable bonds is 1. The van der Waals surface area contributed by atoms with Crippen molar-refractivity contribution in [3.63, 3.8) is 0 Å². The quantitative estimate of drug-likeness (QED) is 0.597. The van der Waals surface area contributed by atoms with Gasteiger partial charge in [0.2, 0.25) is 0 Å². The van der Waals surface area contributed by atoms with Crippen LogP contribution in [0.4, 0.5) is 13.2 Å². The van der Waals surface area contributed by atoms with Gasteiger partial charge in [0.1, 0.15) is 0 Å². The first kappa shape index (κ1) is 13.4. The molecule has 0 unspecified atom stereocenters. The van der Waals surface area contributed by atoms with Crippen molar-refractivity contribution < 1.29 is 13.2 Å². The molecule has 1 N–H and O–H groups in total. The lowest BCUT2D eigenvalue weighted by atomic mass is 10.1. The number of aromatic amines is 1.